The molecule has 0 aromatic heterocycles. The summed E-state index contributed by atoms with van der Waals surface area (Å²) in [4.78, 5) is 27.2. The number of methoxy groups -OCH3 is 1. The summed E-state index contributed by atoms with van der Waals surface area (Å²) in [5.74, 6) is -1.16. The lowest BCUT2D eigenvalue weighted by molar-refractivity contribution is -0.294. The van der Waals surface area contributed by atoms with Crippen LogP contribution in [0.2, 0.25) is 10.0 Å². The summed E-state index contributed by atoms with van der Waals surface area (Å²) in [5, 5.41) is 32.1. The van der Waals surface area contributed by atoms with Gasteiger partial charge in [-0.25, -0.2) is 4.79 Å². The predicted octanol–water partition coefficient (Wildman–Crippen LogP) is -0.443. The summed E-state index contributed by atoms with van der Waals surface area (Å²) in [6.07, 6.45) is -8.40. The van der Waals surface area contributed by atoms with Crippen LogP contribution in [0.5, 0.6) is 0 Å². The lowest BCUT2D eigenvalue weighted by Gasteiger charge is -2.39. The molecule has 13 heteroatoms. The van der Waals surface area contributed by atoms with Gasteiger partial charge in [0.15, 0.2) is 6.29 Å². The molecule has 0 bridgehead atoms. The van der Waals surface area contributed by atoms with Crippen molar-refractivity contribution in [2.45, 2.75) is 37.1 Å². The first-order chi connectivity index (χ1) is 14.1. The molecular weight excluding hydrogens is 445 g/mol. The van der Waals surface area contributed by atoms with Crippen LogP contribution in [0.15, 0.2) is 23.2 Å². The molecule has 2 rings (SSSR count). The van der Waals surface area contributed by atoms with E-state index in [1.807, 2.05) is 0 Å². The molecule has 166 valence electrons. The number of carbonyl (C=O) groups is 2. The number of nitrogens with zero attached hydrogens (tertiary/aromatic N) is 1. The quantitative estimate of drug-likeness (QED) is 0.285. The zero-order valence-corrected chi connectivity index (χ0v) is 17.2. The molecule has 5 atom stereocenters. The van der Waals surface area contributed by atoms with Crippen molar-refractivity contribution < 1.29 is 39.1 Å². The van der Waals surface area contributed by atoms with Crippen LogP contribution < -0.4 is 11.1 Å². The van der Waals surface area contributed by atoms with Crippen LogP contribution in [-0.4, -0.2) is 77.7 Å². The van der Waals surface area contributed by atoms with Gasteiger partial charge in [0, 0.05) is 17.2 Å². The summed E-state index contributed by atoms with van der Waals surface area (Å²) < 4.78 is 14.8. The number of guanidine groups is 1. The van der Waals surface area contributed by atoms with Crippen LogP contribution in [0.1, 0.15) is 5.56 Å². The van der Waals surface area contributed by atoms with Gasteiger partial charge in [0.25, 0.3) is 0 Å². The molecule has 0 saturated carbocycles. The lowest BCUT2D eigenvalue weighted by Crippen LogP contribution is -2.59. The Morgan fingerprint density at radius 1 is 1.20 bits per heavy atom. The van der Waals surface area contributed by atoms with Gasteiger partial charge >= 0.3 is 6.09 Å². The minimum atomic E-state index is -1.57. The molecule has 6 N–H and O–H groups in total. The number of hydrogen-bond donors (Lipinski definition) is 5. The number of benzene rings is 1. The number of carbonyl (C=O) groups excluding carboxylic acids is 2. The molecule has 1 heterocycles. The monoisotopic (exact) mass is 465 g/mol. The van der Waals surface area contributed by atoms with Gasteiger partial charge in [0.05, 0.1) is 6.42 Å². The van der Waals surface area contributed by atoms with Crippen LogP contribution in [-0.2, 0) is 25.4 Å². The number of aliphatic hydroxyl groups excluding tert-OH is 3. The van der Waals surface area contributed by atoms with Crippen molar-refractivity contribution in [3.63, 3.8) is 0 Å². The maximum absolute atomic E-state index is 12.0. The van der Waals surface area contributed by atoms with Crippen molar-refractivity contribution in [3.8, 4) is 0 Å². The Balaban J connectivity index is 1.87. The van der Waals surface area contributed by atoms with Crippen molar-refractivity contribution in [1.29, 1.82) is 0 Å². The smallest absolute Gasteiger partial charge is 0.436 e. The highest BCUT2D eigenvalue weighted by molar-refractivity contribution is 6.36. The number of aliphatic hydroxyl groups is 3. The van der Waals surface area contributed by atoms with E-state index in [2.05, 4.69) is 10.3 Å². The van der Waals surface area contributed by atoms with Gasteiger partial charge in [-0.1, -0.05) is 29.3 Å². The van der Waals surface area contributed by atoms with E-state index in [1.54, 1.807) is 18.2 Å². The second kappa shape index (κ2) is 10.9. The van der Waals surface area contributed by atoms with Crippen LogP contribution in [0, 0.1) is 0 Å². The van der Waals surface area contributed by atoms with E-state index < -0.39 is 55.3 Å². The zero-order chi connectivity index (χ0) is 22.4. The number of aliphatic imine (C=N–C) groups is 1. The Labute approximate surface area is 181 Å². The van der Waals surface area contributed by atoms with E-state index in [4.69, 9.17) is 43.1 Å². The number of rotatable bonds is 5. The van der Waals surface area contributed by atoms with Gasteiger partial charge < -0.3 is 35.3 Å². The Kier molecular flexibility index (Phi) is 8.79. The van der Waals surface area contributed by atoms with Crippen LogP contribution >= 0.6 is 23.2 Å². The average Bonchev–Trinajstić information content (AvgIpc) is 2.68. The highest BCUT2D eigenvalue weighted by Crippen LogP contribution is 2.24. The first-order valence-corrected chi connectivity index (χ1v) is 9.35. The third-order valence-corrected chi connectivity index (χ3v) is 4.86. The Bertz CT molecular complexity index is 787. The molecule has 5 unspecified atom stereocenters. The Morgan fingerprint density at radius 2 is 1.83 bits per heavy atom. The summed E-state index contributed by atoms with van der Waals surface area (Å²) in [5.41, 5.74) is 5.88. The molecule has 1 fully saturated rings. The molecule has 1 aromatic rings. The van der Waals surface area contributed by atoms with Gasteiger partial charge in [-0.15, -0.1) is 4.99 Å². The number of halogens is 2. The van der Waals surface area contributed by atoms with Crippen molar-refractivity contribution >= 4 is 41.2 Å². The molecule has 0 radical (unpaired) electrons. The number of ether oxygens (including phenoxy) is 3. The maximum atomic E-state index is 12.0. The predicted molar refractivity (Wildman–Crippen MR) is 105 cm³/mol. The van der Waals surface area contributed by atoms with Crippen molar-refractivity contribution in [1.82, 2.24) is 5.32 Å². The van der Waals surface area contributed by atoms with E-state index in [0.29, 0.717) is 15.6 Å². The zero-order valence-electron chi connectivity index (χ0n) is 15.7. The number of nitrogens with one attached hydrogen (secondary N) is 1. The highest BCUT2D eigenvalue weighted by Gasteiger charge is 2.44. The third-order valence-electron chi connectivity index (χ3n) is 4.15. The minimum absolute atomic E-state index is 0.204. The van der Waals surface area contributed by atoms with Crippen molar-refractivity contribution in [2.24, 2.45) is 10.7 Å². The first-order valence-electron chi connectivity index (χ1n) is 8.60. The fourth-order valence-electron chi connectivity index (χ4n) is 2.61. The average molecular weight is 466 g/mol. The number of nitrogens with two attached hydrogens (primary N) is 1. The van der Waals surface area contributed by atoms with E-state index in [9.17, 15) is 24.9 Å². The van der Waals surface area contributed by atoms with Crippen LogP contribution in [0.25, 0.3) is 0 Å². The van der Waals surface area contributed by atoms with Gasteiger partial charge in [0.1, 0.15) is 31.0 Å². The number of hydrogen-bond acceptors (Lipinski definition) is 8. The fourth-order valence-corrected chi connectivity index (χ4v) is 3.14. The van der Waals surface area contributed by atoms with E-state index in [1.165, 1.54) is 7.11 Å². The van der Waals surface area contributed by atoms with E-state index >= 15 is 0 Å². The molecule has 11 nitrogen and oxygen atoms in total. The third kappa shape index (κ3) is 6.25. The second-order valence-corrected chi connectivity index (χ2v) is 7.06. The molecule has 1 saturated heterocycles. The van der Waals surface area contributed by atoms with Gasteiger partial charge in [-0.05, 0) is 17.7 Å². The number of amides is 2. The van der Waals surface area contributed by atoms with E-state index in [-0.39, 0.29) is 6.42 Å². The van der Waals surface area contributed by atoms with Gasteiger partial charge in [-0.2, -0.15) is 0 Å². The molecular formula is C17H21Cl2N3O8. The van der Waals surface area contributed by atoms with Crippen molar-refractivity contribution in [2.75, 3.05) is 13.7 Å². The molecule has 1 aliphatic heterocycles. The largest absolute Gasteiger partial charge is 0.445 e. The molecule has 1 aromatic carbocycles. The summed E-state index contributed by atoms with van der Waals surface area (Å²) in [7, 11) is 1.23. The van der Waals surface area contributed by atoms with Crippen LogP contribution in [0.3, 0.4) is 0 Å². The Hall–Kier alpha value is -1.99. The summed E-state index contributed by atoms with van der Waals surface area (Å²) >= 11 is 12.0. The highest BCUT2D eigenvalue weighted by atomic mass is 35.5. The summed E-state index contributed by atoms with van der Waals surface area (Å²) in [6, 6.07) is 4.76. The molecule has 1 aliphatic rings. The maximum Gasteiger partial charge on any atom is 0.436 e. The SMILES string of the molecule is COC1OC(COC(=O)N=C(N)NC(=O)Cc2c(Cl)cccc2Cl)C(O)C(O)C1O. The van der Waals surface area contributed by atoms with Gasteiger partial charge in [-0.3, -0.25) is 10.1 Å². The standard InChI is InChI=1S/C17H21Cl2N3O8/c1-28-15-14(26)13(25)12(24)10(30-15)6-29-17(27)22-16(20)21-11(23)5-7-8(18)3-2-4-9(7)19/h2-4,10,12-15,24-26H,5-6H2,1H3,(H3,20,21,22,23,27). The van der Waals surface area contributed by atoms with Crippen LogP contribution in [0.4, 0.5) is 4.79 Å². The fraction of sp³-hybridized carbons (Fsp3) is 0.471. The molecule has 0 aliphatic carbocycles. The van der Waals surface area contributed by atoms with Crippen molar-refractivity contribution in [3.05, 3.63) is 33.8 Å². The topological polar surface area (TPSA) is 173 Å². The van der Waals surface area contributed by atoms with E-state index in [0.717, 1.165) is 0 Å². The normalized spacial score (nSPS) is 26.9. The Morgan fingerprint density at radius 3 is 2.43 bits per heavy atom. The molecule has 30 heavy (non-hydrogen) atoms. The minimum Gasteiger partial charge on any atom is -0.445 e. The lowest BCUT2D eigenvalue weighted by atomic mass is 9.99. The van der Waals surface area contributed by atoms with Gasteiger partial charge in [0.2, 0.25) is 11.9 Å². The second-order valence-electron chi connectivity index (χ2n) is 6.25. The molecule has 0 spiro atoms. The first kappa shape index (κ1) is 24.3. The summed E-state index contributed by atoms with van der Waals surface area (Å²) in [6.45, 7) is -0.524. The molecule has 2 amide bonds.